The summed E-state index contributed by atoms with van der Waals surface area (Å²) in [6, 6.07) is 1.81. The average Bonchev–Trinajstić information content (AvgIpc) is 2.15. The Kier molecular flexibility index (Phi) is 2.33. The average molecular weight is 213 g/mol. The van der Waals surface area contributed by atoms with E-state index in [-0.39, 0.29) is 16.7 Å². The van der Waals surface area contributed by atoms with Crippen molar-refractivity contribution in [3.8, 4) is 0 Å². The molecular formula is C11H12BN3O. The van der Waals surface area contributed by atoms with Gasteiger partial charge in [0, 0.05) is 6.20 Å². The Bertz CT molecular complexity index is 598. The van der Waals surface area contributed by atoms with E-state index >= 15 is 0 Å². The fraction of sp³-hybridized carbons (Fsp3) is 0.364. The van der Waals surface area contributed by atoms with E-state index in [9.17, 15) is 4.79 Å². The zero-order valence-electron chi connectivity index (χ0n) is 9.53. The van der Waals surface area contributed by atoms with Crippen LogP contribution in [0.15, 0.2) is 17.1 Å². The maximum atomic E-state index is 11.7. The van der Waals surface area contributed by atoms with Gasteiger partial charge in [-0.3, -0.25) is 4.79 Å². The molecule has 2 aromatic heterocycles. The number of fused-ring (bicyclic) bond motifs is 1. The van der Waals surface area contributed by atoms with Crippen molar-refractivity contribution in [3.63, 3.8) is 0 Å². The van der Waals surface area contributed by atoms with Gasteiger partial charge in [-0.15, -0.1) is 0 Å². The molecule has 2 heterocycles. The van der Waals surface area contributed by atoms with Crippen molar-refractivity contribution < 1.29 is 0 Å². The molecule has 0 saturated heterocycles. The van der Waals surface area contributed by atoms with E-state index in [1.54, 1.807) is 6.20 Å². The van der Waals surface area contributed by atoms with E-state index in [1.807, 2.05) is 6.07 Å². The molecule has 2 aromatic rings. The molecule has 0 aromatic carbocycles. The number of aromatic amines is 1. The van der Waals surface area contributed by atoms with Crippen LogP contribution in [0.25, 0.3) is 11.0 Å². The molecule has 4 nitrogen and oxygen atoms in total. The Balaban J connectivity index is 2.77. The molecule has 2 rings (SSSR count). The number of nitrogens with zero attached hydrogens (tertiary/aromatic N) is 2. The molecule has 0 aliphatic carbocycles. The SMILES string of the molecule is [B]c1nc2ncc(C(C)(C)C)cc2c(=O)[nH]1. The fourth-order valence-electron chi connectivity index (χ4n) is 1.45. The van der Waals surface area contributed by atoms with Crippen molar-refractivity contribution in [2.24, 2.45) is 0 Å². The first-order valence-electron chi connectivity index (χ1n) is 5.04. The summed E-state index contributed by atoms with van der Waals surface area (Å²) in [4.78, 5) is 22.3. The van der Waals surface area contributed by atoms with Crippen LogP contribution in [0, 0.1) is 0 Å². The summed E-state index contributed by atoms with van der Waals surface area (Å²) in [5, 5.41) is 0.474. The Morgan fingerprint density at radius 2 is 2.06 bits per heavy atom. The van der Waals surface area contributed by atoms with Crippen molar-refractivity contribution in [3.05, 3.63) is 28.2 Å². The van der Waals surface area contributed by atoms with Crippen LogP contribution in [0.3, 0.4) is 0 Å². The van der Waals surface area contributed by atoms with Crippen LogP contribution >= 0.6 is 0 Å². The largest absolute Gasteiger partial charge is 0.319 e. The zero-order chi connectivity index (χ0) is 11.9. The highest BCUT2D eigenvalue weighted by Gasteiger charge is 2.15. The number of nitrogens with one attached hydrogen (secondary N) is 1. The number of pyridine rings is 1. The molecule has 0 aliphatic rings. The Hall–Kier alpha value is -1.65. The molecule has 0 saturated carbocycles. The Morgan fingerprint density at radius 1 is 1.38 bits per heavy atom. The van der Waals surface area contributed by atoms with Crippen LogP contribution in [0.4, 0.5) is 0 Å². The number of rotatable bonds is 0. The van der Waals surface area contributed by atoms with E-state index in [0.29, 0.717) is 11.0 Å². The lowest BCUT2D eigenvalue weighted by atomic mass is 9.88. The monoisotopic (exact) mass is 213 g/mol. The molecule has 2 radical (unpaired) electrons. The van der Waals surface area contributed by atoms with Crippen LogP contribution in [0.2, 0.25) is 0 Å². The fourth-order valence-corrected chi connectivity index (χ4v) is 1.45. The van der Waals surface area contributed by atoms with Gasteiger partial charge in [-0.25, -0.2) is 9.97 Å². The van der Waals surface area contributed by atoms with Crippen molar-refractivity contribution >= 4 is 24.6 Å². The second-order valence-corrected chi connectivity index (χ2v) is 4.80. The summed E-state index contributed by atoms with van der Waals surface area (Å²) in [5.41, 5.74) is 1.18. The molecule has 5 heteroatoms. The second-order valence-electron chi connectivity index (χ2n) is 4.80. The molecule has 16 heavy (non-hydrogen) atoms. The van der Waals surface area contributed by atoms with Crippen LogP contribution in [0.5, 0.6) is 0 Å². The van der Waals surface area contributed by atoms with Crippen LogP contribution in [-0.2, 0) is 5.41 Å². The highest BCUT2D eigenvalue weighted by atomic mass is 16.1. The van der Waals surface area contributed by atoms with Crippen molar-refractivity contribution in [1.29, 1.82) is 0 Å². The first-order chi connectivity index (χ1) is 7.38. The molecule has 80 valence electrons. The topological polar surface area (TPSA) is 58.6 Å². The lowest BCUT2D eigenvalue weighted by molar-refractivity contribution is 0.588. The minimum absolute atomic E-state index is 0.0466. The van der Waals surface area contributed by atoms with E-state index in [4.69, 9.17) is 7.85 Å². The number of hydrogen-bond acceptors (Lipinski definition) is 3. The van der Waals surface area contributed by atoms with E-state index in [2.05, 4.69) is 35.7 Å². The zero-order valence-corrected chi connectivity index (χ0v) is 9.53. The van der Waals surface area contributed by atoms with Crippen molar-refractivity contribution in [2.45, 2.75) is 26.2 Å². The predicted octanol–water partition coefficient (Wildman–Crippen LogP) is 0.409. The number of H-pyrrole nitrogens is 1. The highest BCUT2D eigenvalue weighted by Crippen LogP contribution is 2.22. The lowest BCUT2D eigenvalue weighted by Crippen LogP contribution is -2.24. The first-order valence-corrected chi connectivity index (χ1v) is 5.04. The summed E-state index contributed by atoms with van der Waals surface area (Å²) < 4.78 is 0. The molecule has 0 aliphatic heterocycles. The normalized spacial score (nSPS) is 11.9. The Morgan fingerprint density at radius 3 is 2.69 bits per heavy atom. The number of aromatic nitrogens is 3. The molecule has 0 atom stereocenters. The van der Waals surface area contributed by atoms with E-state index < -0.39 is 0 Å². The standard InChI is InChI=1S/C11H12BN3O/c1-11(2,3)6-4-7-8(13-5-6)14-10(12)15-9(7)16/h4-5H,1-3H3,(H,13,14,15,16). The smallest absolute Gasteiger partial charge is 0.259 e. The molecule has 0 spiro atoms. The first kappa shape index (κ1) is 10.9. The quantitative estimate of drug-likeness (QED) is 0.644. The van der Waals surface area contributed by atoms with Gasteiger partial charge in [-0.1, -0.05) is 20.8 Å². The Labute approximate surface area is 94.5 Å². The minimum atomic E-state index is -0.249. The van der Waals surface area contributed by atoms with Crippen LogP contribution in [0.1, 0.15) is 26.3 Å². The van der Waals surface area contributed by atoms with Crippen LogP contribution in [-0.4, -0.2) is 22.8 Å². The van der Waals surface area contributed by atoms with Gasteiger partial charge < -0.3 is 4.98 Å². The molecule has 0 unspecified atom stereocenters. The summed E-state index contributed by atoms with van der Waals surface area (Å²) >= 11 is 0. The predicted molar refractivity (Wildman–Crippen MR) is 64.2 cm³/mol. The summed E-state index contributed by atoms with van der Waals surface area (Å²) in [7, 11) is 5.44. The molecular weight excluding hydrogens is 201 g/mol. The number of hydrogen-bond donors (Lipinski definition) is 1. The van der Waals surface area contributed by atoms with Gasteiger partial charge in [-0.05, 0) is 17.0 Å². The maximum absolute atomic E-state index is 11.7. The van der Waals surface area contributed by atoms with Gasteiger partial charge in [0.25, 0.3) is 5.56 Å². The molecule has 0 bridgehead atoms. The second kappa shape index (κ2) is 3.44. The third kappa shape index (κ3) is 1.85. The van der Waals surface area contributed by atoms with Gasteiger partial charge in [0.05, 0.1) is 11.1 Å². The van der Waals surface area contributed by atoms with Gasteiger partial charge in [0.2, 0.25) is 0 Å². The lowest BCUT2D eigenvalue weighted by Gasteiger charge is -2.18. The van der Waals surface area contributed by atoms with Gasteiger partial charge in [0.1, 0.15) is 0 Å². The minimum Gasteiger partial charge on any atom is -0.319 e. The van der Waals surface area contributed by atoms with Gasteiger partial charge in [-0.2, -0.15) is 0 Å². The molecule has 0 amide bonds. The van der Waals surface area contributed by atoms with E-state index in [0.717, 1.165) is 5.56 Å². The highest BCUT2D eigenvalue weighted by molar-refractivity contribution is 6.29. The molecule has 1 N–H and O–H groups in total. The third-order valence-corrected chi connectivity index (χ3v) is 2.45. The summed E-state index contributed by atoms with van der Waals surface area (Å²) in [6.45, 7) is 6.19. The molecule has 0 fully saturated rings. The summed E-state index contributed by atoms with van der Waals surface area (Å²) in [6.07, 6.45) is 1.73. The van der Waals surface area contributed by atoms with Crippen molar-refractivity contribution in [1.82, 2.24) is 15.0 Å². The van der Waals surface area contributed by atoms with Crippen molar-refractivity contribution in [2.75, 3.05) is 0 Å². The van der Waals surface area contributed by atoms with Gasteiger partial charge in [0.15, 0.2) is 13.5 Å². The van der Waals surface area contributed by atoms with E-state index in [1.165, 1.54) is 0 Å². The van der Waals surface area contributed by atoms with Gasteiger partial charge >= 0.3 is 0 Å². The van der Waals surface area contributed by atoms with Crippen LogP contribution < -0.4 is 11.3 Å². The summed E-state index contributed by atoms with van der Waals surface area (Å²) in [5.74, 6) is 0. The maximum Gasteiger partial charge on any atom is 0.259 e. The third-order valence-electron chi connectivity index (χ3n) is 2.45.